The Kier molecular flexibility index (Phi) is 2.01. The van der Waals surface area contributed by atoms with E-state index in [-0.39, 0.29) is 30.3 Å². The molecule has 1 saturated carbocycles. The summed E-state index contributed by atoms with van der Waals surface area (Å²) in [6, 6.07) is -1.03. The fourth-order valence-electron chi connectivity index (χ4n) is 2.62. The molecule has 2 aromatic rings. The monoisotopic (exact) mass is 290 g/mol. The fraction of sp³-hybridized carbons (Fsp3) is 0.500. The van der Waals surface area contributed by atoms with Gasteiger partial charge < -0.3 is 20.7 Å². The van der Waals surface area contributed by atoms with Crippen molar-refractivity contribution >= 4 is 22.9 Å². The molecule has 0 unspecified atom stereocenters. The van der Waals surface area contributed by atoms with Crippen molar-refractivity contribution in [3.8, 4) is 0 Å². The predicted molar refractivity (Wildman–Crippen MR) is 79.7 cm³/mol. The number of nitrogens with zero attached hydrogens (tertiary/aromatic N) is 4. The highest BCUT2D eigenvalue weighted by atomic mass is 16.3. The minimum atomic E-state index is -1.98. The van der Waals surface area contributed by atoms with E-state index in [1.165, 1.54) is 0 Å². The number of hydrogen-bond donors (Lipinski definition) is 3. The normalized spacial score (nSPS) is 32.4. The van der Waals surface area contributed by atoms with Gasteiger partial charge in [0, 0.05) is 24.0 Å². The number of aliphatic hydroxyl groups is 1. The van der Waals surface area contributed by atoms with Gasteiger partial charge in [0.1, 0.15) is 0 Å². The van der Waals surface area contributed by atoms with Crippen molar-refractivity contribution in [2.75, 3.05) is 17.7 Å². The molecule has 2 heterocycles. The van der Waals surface area contributed by atoms with Crippen LogP contribution in [0.25, 0.3) is 11.2 Å². The number of hydrogen-bond acceptors (Lipinski definition) is 6. The van der Waals surface area contributed by atoms with Crippen LogP contribution in [0.5, 0.6) is 0 Å². The molecule has 0 amide bonds. The van der Waals surface area contributed by atoms with Crippen LogP contribution in [-0.2, 0) is 0 Å². The molecule has 0 aliphatic heterocycles. The molecule has 21 heavy (non-hydrogen) atoms. The first kappa shape index (κ1) is 8.99. The lowest BCUT2D eigenvalue weighted by Crippen LogP contribution is -2.10. The van der Waals surface area contributed by atoms with Crippen LogP contribution >= 0.6 is 0 Å². The molecular weight excluding hydrogens is 268 g/mol. The van der Waals surface area contributed by atoms with Crippen molar-refractivity contribution in [2.24, 2.45) is 5.92 Å². The van der Waals surface area contributed by atoms with Crippen molar-refractivity contribution in [3.05, 3.63) is 18.5 Å². The SMILES string of the molecule is [2H]C1([2H])C(Nc2nc(N)nc3c2ncn3[C@H]2C=C[C@@H](CO)C2)C1([2H])[2H]. The Morgan fingerprint density at radius 1 is 1.43 bits per heavy atom. The van der Waals surface area contributed by atoms with Crippen LogP contribution in [0, 0.1) is 5.92 Å². The Morgan fingerprint density at radius 2 is 2.29 bits per heavy atom. The van der Waals surface area contributed by atoms with Gasteiger partial charge in [-0.3, -0.25) is 0 Å². The second-order valence-corrected chi connectivity index (χ2v) is 5.25. The third kappa shape index (κ3) is 2.23. The molecular formula is C14H18N6O. The smallest absolute Gasteiger partial charge is 0.224 e. The molecule has 0 aromatic carbocycles. The number of aliphatic hydroxyl groups excluding tert-OH is 1. The van der Waals surface area contributed by atoms with Crippen molar-refractivity contribution in [2.45, 2.75) is 31.3 Å². The van der Waals surface area contributed by atoms with Gasteiger partial charge in [0.2, 0.25) is 5.95 Å². The Balaban J connectivity index is 1.70. The molecule has 2 aromatic heterocycles. The molecule has 0 bridgehead atoms. The van der Waals surface area contributed by atoms with E-state index >= 15 is 0 Å². The van der Waals surface area contributed by atoms with Crippen molar-refractivity contribution in [1.82, 2.24) is 19.5 Å². The topological polar surface area (TPSA) is 102 Å². The second kappa shape index (κ2) is 4.70. The maximum absolute atomic E-state index is 9.28. The van der Waals surface area contributed by atoms with Crippen molar-refractivity contribution in [1.29, 1.82) is 0 Å². The highest BCUT2D eigenvalue weighted by molar-refractivity contribution is 5.84. The highest BCUT2D eigenvalue weighted by Gasteiger charge is 2.26. The van der Waals surface area contributed by atoms with E-state index in [1.807, 2.05) is 16.7 Å². The first-order valence-electron chi connectivity index (χ1n) is 8.81. The van der Waals surface area contributed by atoms with Crippen LogP contribution in [0.15, 0.2) is 18.5 Å². The summed E-state index contributed by atoms with van der Waals surface area (Å²) < 4.78 is 32.6. The summed E-state index contributed by atoms with van der Waals surface area (Å²) in [5.74, 6) is 0.307. The second-order valence-electron chi connectivity index (χ2n) is 5.25. The van der Waals surface area contributed by atoms with Gasteiger partial charge in [-0.15, -0.1) is 0 Å². The van der Waals surface area contributed by atoms with Gasteiger partial charge in [-0.05, 0) is 19.2 Å². The zero-order chi connectivity index (χ0) is 18.0. The van der Waals surface area contributed by atoms with Crippen LogP contribution in [0.1, 0.15) is 30.7 Å². The van der Waals surface area contributed by atoms with Gasteiger partial charge in [0.05, 0.1) is 12.4 Å². The minimum absolute atomic E-state index is 0.000734. The highest BCUT2D eigenvalue weighted by Crippen LogP contribution is 2.32. The van der Waals surface area contributed by atoms with Crippen LogP contribution in [0.4, 0.5) is 11.8 Å². The molecule has 2 atom stereocenters. The number of nitrogens with one attached hydrogen (secondary N) is 1. The van der Waals surface area contributed by atoms with Crippen LogP contribution in [0.2, 0.25) is 0 Å². The quantitative estimate of drug-likeness (QED) is 0.729. The Hall–Kier alpha value is -2.15. The fourth-order valence-corrected chi connectivity index (χ4v) is 2.62. The molecule has 2 aliphatic rings. The molecule has 0 radical (unpaired) electrons. The Bertz CT molecular complexity index is 852. The standard InChI is InChI=1S/C14H18N6O/c15-14-18-12(17-9-2-3-9)11-13(19-14)20(7-16-11)10-4-1-8(5-10)6-21/h1,4,7-10,21H,2-3,5-6H2,(H3,15,17,18,19)/t8-,10+/m1/s1/i2D2,3D2. The molecule has 4 N–H and O–H groups in total. The summed E-state index contributed by atoms with van der Waals surface area (Å²) in [7, 11) is 0. The van der Waals surface area contributed by atoms with E-state index in [0.717, 1.165) is 6.42 Å². The zero-order valence-corrected chi connectivity index (χ0v) is 11.2. The molecule has 1 fully saturated rings. The Labute approximate surface area is 127 Å². The largest absolute Gasteiger partial charge is 0.396 e. The molecule has 7 heteroatoms. The molecule has 0 saturated heterocycles. The lowest BCUT2D eigenvalue weighted by atomic mass is 10.1. The van der Waals surface area contributed by atoms with Gasteiger partial charge in [-0.25, -0.2) is 4.98 Å². The first-order chi connectivity index (χ1) is 11.8. The molecule has 110 valence electrons. The van der Waals surface area contributed by atoms with Gasteiger partial charge in [-0.2, -0.15) is 9.97 Å². The lowest BCUT2D eigenvalue weighted by Gasteiger charge is -2.13. The summed E-state index contributed by atoms with van der Waals surface area (Å²) in [6.45, 7) is 0.0788. The van der Waals surface area contributed by atoms with Crippen LogP contribution in [0.3, 0.4) is 0 Å². The number of rotatable bonds is 4. The maximum atomic E-state index is 9.28. The zero-order valence-electron chi connectivity index (χ0n) is 15.2. The lowest BCUT2D eigenvalue weighted by molar-refractivity contribution is 0.244. The Morgan fingerprint density at radius 3 is 3.00 bits per heavy atom. The summed E-state index contributed by atoms with van der Waals surface area (Å²) >= 11 is 0. The first-order valence-corrected chi connectivity index (χ1v) is 6.81. The third-order valence-electron chi connectivity index (χ3n) is 3.75. The van der Waals surface area contributed by atoms with E-state index in [4.69, 9.17) is 11.2 Å². The van der Waals surface area contributed by atoms with Gasteiger partial charge >= 0.3 is 0 Å². The number of anilines is 2. The van der Waals surface area contributed by atoms with Gasteiger partial charge in [0.25, 0.3) is 0 Å². The van der Waals surface area contributed by atoms with Gasteiger partial charge in [0.15, 0.2) is 17.0 Å². The molecule has 4 rings (SSSR count). The molecule has 7 nitrogen and oxygen atoms in total. The van der Waals surface area contributed by atoms with E-state index < -0.39 is 18.8 Å². The number of allylic oxidation sites excluding steroid dienone is 1. The number of aromatic nitrogens is 4. The molecule has 0 spiro atoms. The van der Waals surface area contributed by atoms with E-state index in [1.54, 1.807) is 6.33 Å². The maximum Gasteiger partial charge on any atom is 0.224 e. The average Bonchev–Trinajstić information content (AvgIpc) is 3.03. The summed E-state index contributed by atoms with van der Waals surface area (Å²) in [5.41, 5.74) is 6.69. The van der Waals surface area contributed by atoms with E-state index in [9.17, 15) is 5.11 Å². The van der Waals surface area contributed by atoms with E-state index in [2.05, 4.69) is 20.3 Å². The summed E-state index contributed by atoms with van der Waals surface area (Å²) in [5, 5.41) is 12.1. The number of fused-ring (bicyclic) bond motifs is 1. The van der Waals surface area contributed by atoms with Gasteiger partial charge in [-0.1, -0.05) is 12.2 Å². The summed E-state index contributed by atoms with van der Waals surface area (Å²) in [6.07, 6.45) is 2.30. The number of imidazole rings is 1. The average molecular weight is 290 g/mol. The molecule has 2 aliphatic carbocycles. The van der Waals surface area contributed by atoms with Crippen molar-refractivity contribution < 1.29 is 10.6 Å². The number of nitrogen functional groups attached to an aromatic ring is 1. The predicted octanol–water partition coefficient (Wildman–Crippen LogP) is 1.09. The van der Waals surface area contributed by atoms with E-state index in [0.29, 0.717) is 11.2 Å². The van der Waals surface area contributed by atoms with Crippen LogP contribution < -0.4 is 11.1 Å². The van der Waals surface area contributed by atoms with Crippen LogP contribution in [-0.4, -0.2) is 37.3 Å². The van der Waals surface area contributed by atoms with Crippen molar-refractivity contribution in [3.63, 3.8) is 0 Å². The number of nitrogens with two attached hydrogens (primary N) is 1. The third-order valence-corrected chi connectivity index (χ3v) is 3.75. The minimum Gasteiger partial charge on any atom is -0.396 e. The summed E-state index contributed by atoms with van der Waals surface area (Å²) in [4.78, 5) is 12.6.